The van der Waals surface area contributed by atoms with Crippen LogP contribution in [0, 0.1) is 0 Å². The van der Waals surface area contributed by atoms with Gasteiger partial charge in [-0.3, -0.25) is 9.89 Å². The molecule has 5 N–H and O–H groups in total. The van der Waals surface area contributed by atoms with Gasteiger partial charge in [-0.1, -0.05) is 44.2 Å². The average molecular weight is 493 g/mol. The number of hydrogen-bond donors (Lipinski definition) is 5. The van der Waals surface area contributed by atoms with Crippen molar-refractivity contribution in [1.82, 2.24) is 10.2 Å². The Morgan fingerprint density at radius 2 is 1.94 bits per heavy atom. The Balaban J connectivity index is 1.76. The molecule has 192 valence electrons. The second-order valence-electron chi connectivity index (χ2n) is 8.89. The van der Waals surface area contributed by atoms with Crippen LogP contribution in [0.2, 0.25) is 0 Å². The number of allylic oxidation sites excluding steroid dienone is 1. The summed E-state index contributed by atoms with van der Waals surface area (Å²) in [6, 6.07) is 7.56. The molecule has 1 saturated heterocycles. The average Bonchev–Trinajstić information content (AvgIpc) is 3.24. The molecule has 1 fully saturated rings. The Hall–Kier alpha value is -2.63. The highest BCUT2D eigenvalue weighted by Crippen LogP contribution is 2.31. The summed E-state index contributed by atoms with van der Waals surface area (Å²) in [5.74, 6) is 0.173. The second-order valence-corrected chi connectivity index (χ2v) is 8.89. The van der Waals surface area contributed by atoms with Gasteiger partial charge in [-0.15, -0.1) is 5.10 Å². The molecule has 10 heteroatoms. The number of H-pyrrole nitrogens is 1. The smallest absolute Gasteiger partial charge is 0.238 e. The van der Waals surface area contributed by atoms with Crippen LogP contribution >= 0.6 is 0 Å². The molecule has 0 spiro atoms. The fraction of sp³-hybridized carbons (Fsp3) is 0.520. The molecule has 2 heterocycles. The summed E-state index contributed by atoms with van der Waals surface area (Å²) in [4.78, 5) is 11.8. The van der Waals surface area contributed by atoms with Crippen molar-refractivity contribution >= 4 is 11.9 Å². The molecule has 0 saturated carbocycles. The molecule has 0 radical (unpaired) electrons. The minimum Gasteiger partial charge on any atom is -0.443 e. The Kier molecular flexibility index (Phi) is 9.53. The van der Waals surface area contributed by atoms with E-state index in [0.29, 0.717) is 19.3 Å². The minimum absolute atomic E-state index is 0.0167. The van der Waals surface area contributed by atoms with Gasteiger partial charge in [-0.25, -0.2) is 4.39 Å². The monoisotopic (exact) mass is 492 g/mol. The number of benzene rings is 1. The van der Waals surface area contributed by atoms with E-state index in [-0.39, 0.29) is 24.2 Å². The summed E-state index contributed by atoms with van der Waals surface area (Å²) in [6.07, 6.45) is -3.74. The van der Waals surface area contributed by atoms with Gasteiger partial charge in [-0.05, 0) is 29.5 Å². The third-order valence-corrected chi connectivity index (χ3v) is 5.87. The van der Waals surface area contributed by atoms with Crippen LogP contribution in [0.15, 0.2) is 30.3 Å². The van der Waals surface area contributed by atoms with Gasteiger partial charge >= 0.3 is 0 Å². The molecule has 3 rings (SSSR count). The van der Waals surface area contributed by atoms with Crippen LogP contribution in [0.5, 0.6) is 5.88 Å². The summed E-state index contributed by atoms with van der Waals surface area (Å²) < 4.78 is 25.2. The van der Waals surface area contributed by atoms with Gasteiger partial charge in [-0.2, -0.15) is 0 Å². The van der Waals surface area contributed by atoms with Crippen molar-refractivity contribution in [2.24, 2.45) is 0 Å². The van der Waals surface area contributed by atoms with Gasteiger partial charge in [0.2, 0.25) is 12.2 Å². The predicted molar refractivity (Wildman–Crippen MR) is 126 cm³/mol. The summed E-state index contributed by atoms with van der Waals surface area (Å²) in [5, 5.41) is 45.5. The number of halogens is 1. The zero-order valence-corrected chi connectivity index (χ0v) is 19.8. The molecule has 0 amide bonds. The highest BCUT2D eigenvalue weighted by molar-refractivity contribution is 5.93. The van der Waals surface area contributed by atoms with E-state index in [4.69, 9.17) is 14.6 Å². The van der Waals surface area contributed by atoms with Crippen molar-refractivity contribution in [3.63, 3.8) is 0 Å². The van der Waals surface area contributed by atoms with Crippen LogP contribution < -0.4 is 4.74 Å². The van der Waals surface area contributed by atoms with Crippen molar-refractivity contribution in [3.05, 3.63) is 52.7 Å². The van der Waals surface area contributed by atoms with Crippen LogP contribution in [-0.2, 0) is 16.0 Å². The first-order valence-electron chi connectivity index (χ1n) is 11.7. The first-order chi connectivity index (χ1) is 16.7. The highest BCUT2D eigenvalue weighted by atomic mass is 19.1. The first kappa shape index (κ1) is 27.0. The van der Waals surface area contributed by atoms with Gasteiger partial charge in [0.25, 0.3) is 0 Å². The van der Waals surface area contributed by atoms with Crippen LogP contribution in [0.25, 0.3) is 6.08 Å². The first-order valence-corrected chi connectivity index (χ1v) is 11.7. The number of aromatic amines is 1. The Bertz CT molecular complexity index is 990. The van der Waals surface area contributed by atoms with E-state index < -0.39 is 37.4 Å². The molecule has 5 unspecified atom stereocenters. The SMILES string of the molecule is CC(C)c1[nH]nc(OC2OC(CO)C(F)C(O)C2O)c1Cc1ccc(/C=C/C(=O)CCCO)cc1. The number of rotatable bonds is 11. The third kappa shape index (κ3) is 6.74. The number of carbonyl (C=O) groups excluding carboxylic acids is 1. The van der Waals surface area contributed by atoms with E-state index in [9.17, 15) is 24.5 Å². The number of ether oxygens (including phenoxy) is 2. The standard InChI is InChI=1S/C25H33FN2O7/c1-14(2)21-18(12-16-7-5-15(6-8-16)9-10-17(31)4-3-11-29)24(28-27-21)35-25-23(33)22(32)20(26)19(13-30)34-25/h5-10,14,19-20,22-23,25,29-30,32-33H,3-4,11-13H2,1-2H3,(H,27,28)/b10-9+. The number of ketones is 1. The number of aromatic nitrogens is 2. The number of aliphatic hydroxyl groups excluding tert-OH is 4. The number of aliphatic hydroxyl groups is 4. The zero-order chi connectivity index (χ0) is 25.5. The molecule has 35 heavy (non-hydrogen) atoms. The van der Waals surface area contributed by atoms with Gasteiger partial charge in [0.1, 0.15) is 18.3 Å². The Morgan fingerprint density at radius 3 is 2.57 bits per heavy atom. The number of nitrogens with one attached hydrogen (secondary N) is 1. The van der Waals surface area contributed by atoms with Crippen LogP contribution in [0.1, 0.15) is 55.0 Å². The summed E-state index contributed by atoms with van der Waals surface area (Å²) >= 11 is 0. The molecule has 1 aromatic heterocycles. The summed E-state index contributed by atoms with van der Waals surface area (Å²) in [5.41, 5.74) is 3.31. The third-order valence-electron chi connectivity index (χ3n) is 5.87. The molecule has 1 aliphatic heterocycles. The quantitative estimate of drug-likeness (QED) is 0.298. The van der Waals surface area contributed by atoms with E-state index in [2.05, 4.69) is 10.2 Å². The lowest BCUT2D eigenvalue weighted by atomic mass is 9.98. The van der Waals surface area contributed by atoms with E-state index in [1.54, 1.807) is 6.08 Å². The minimum atomic E-state index is -1.95. The largest absolute Gasteiger partial charge is 0.443 e. The number of nitrogens with zero attached hydrogens (tertiary/aromatic N) is 1. The second kappa shape index (κ2) is 12.4. The molecule has 5 atom stereocenters. The van der Waals surface area contributed by atoms with Crippen molar-refractivity contribution in [2.75, 3.05) is 13.2 Å². The normalized spacial score (nSPS) is 24.9. The molecular weight excluding hydrogens is 459 g/mol. The van der Waals surface area contributed by atoms with Crippen LogP contribution in [-0.4, -0.2) is 80.4 Å². The lowest BCUT2D eigenvalue weighted by molar-refractivity contribution is -0.265. The van der Waals surface area contributed by atoms with E-state index in [1.807, 2.05) is 38.1 Å². The summed E-state index contributed by atoms with van der Waals surface area (Å²) in [6.45, 7) is 3.27. The molecule has 2 aromatic rings. The van der Waals surface area contributed by atoms with Crippen LogP contribution in [0.4, 0.5) is 4.39 Å². The van der Waals surface area contributed by atoms with Gasteiger partial charge in [0.15, 0.2) is 12.0 Å². The Labute approximate surface area is 203 Å². The predicted octanol–water partition coefficient (Wildman–Crippen LogP) is 1.63. The maximum atomic E-state index is 14.1. The fourth-order valence-electron chi connectivity index (χ4n) is 3.83. The maximum absolute atomic E-state index is 14.1. The van der Waals surface area contributed by atoms with Crippen molar-refractivity contribution < 1.29 is 39.1 Å². The zero-order valence-electron chi connectivity index (χ0n) is 19.8. The highest BCUT2D eigenvalue weighted by Gasteiger charge is 2.46. The fourth-order valence-corrected chi connectivity index (χ4v) is 3.83. The summed E-state index contributed by atoms with van der Waals surface area (Å²) in [7, 11) is 0. The molecule has 9 nitrogen and oxygen atoms in total. The number of carbonyl (C=O) groups is 1. The van der Waals surface area contributed by atoms with E-state index in [0.717, 1.165) is 22.4 Å². The number of alkyl halides is 1. The topological polar surface area (TPSA) is 145 Å². The van der Waals surface area contributed by atoms with E-state index in [1.165, 1.54) is 6.08 Å². The van der Waals surface area contributed by atoms with Crippen molar-refractivity contribution in [2.45, 2.75) is 69.8 Å². The maximum Gasteiger partial charge on any atom is 0.238 e. The number of hydrogen-bond acceptors (Lipinski definition) is 8. The van der Waals surface area contributed by atoms with Crippen molar-refractivity contribution in [3.8, 4) is 5.88 Å². The molecule has 0 bridgehead atoms. The molecular formula is C25H33FN2O7. The van der Waals surface area contributed by atoms with Gasteiger partial charge in [0.05, 0.1) is 6.61 Å². The molecule has 1 aliphatic rings. The lowest BCUT2D eigenvalue weighted by Gasteiger charge is -2.38. The van der Waals surface area contributed by atoms with Crippen molar-refractivity contribution in [1.29, 1.82) is 0 Å². The molecule has 1 aromatic carbocycles. The van der Waals surface area contributed by atoms with Gasteiger partial charge in [0, 0.05) is 30.7 Å². The van der Waals surface area contributed by atoms with E-state index >= 15 is 0 Å². The lowest BCUT2D eigenvalue weighted by Crippen LogP contribution is -2.58. The van der Waals surface area contributed by atoms with Gasteiger partial charge < -0.3 is 29.9 Å². The molecule has 0 aliphatic carbocycles. The Morgan fingerprint density at radius 1 is 1.23 bits per heavy atom. The van der Waals surface area contributed by atoms with Crippen LogP contribution in [0.3, 0.4) is 0 Å².